The normalized spacial score (nSPS) is 17.7. The Labute approximate surface area is 104 Å². The third-order valence-corrected chi connectivity index (χ3v) is 3.15. The van der Waals surface area contributed by atoms with Crippen LogP contribution < -0.4 is 10.3 Å². The van der Waals surface area contributed by atoms with Crippen molar-refractivity contribution in [2.24, 2.45) is 0 Å². The van der Waals surface area contributed by atoms with Crippen molar-refractivity contribution in [3.8, 4) is 0 Å². The van der Waals surface area contributed by atoms with Crippen molar-refractivity contribution < 1.29 is 10.1 Å². The molecule has 1 aliphatic heterocycles. The van der Waals surface area contributed by atoms with Gasteiger partial charge in [0.25, 0.3) is 0 Å². The number of nitrogens with zero attached hydrogens (tertiary/aromatic N) is 1. The molecule has 2 aromatic carbocycles. The van der Waals surface area contributed by atoms with Crippen molar-refractivity contribution in [1.82, 2.24) is 0 Å². The Morgan fingerprint density at radius 1 is 0.944 bits per heavy atom. The van der Waals surface area contributed by atoms with E-state index in [-0.39, 0.29) is 5.78 Å². The number of carbonyl (C=O) groups is 1. The molecule has 1 aliphatic rings. The lowest BCUT2D eigenvalue weighted by molar-refractivity contribution is -0.499. The number of ketones is 1. The minimum Gasteiger partial charge on any atom is -0.291 e. The molecule has 1 unspecified atom stereocenters. The Morgan fingerprint density at radius 3 is 2.33 bits per heavy atom. The number of nitroso groups, excluding NO2 is 1. The maximum Gasteiger partial charge on any atom is 0.198 e. The fraction of sp³-hybridized carbons (Fsp3) is 0.0714. The zero-order chi connectivity index (χ0) is 12.5. The van der Waals surface area contributed by atoms with E-state index < -0.39 is 6.04 Å². The number of hydrogen-bond donors (Lipinski definition) is 1. The fourth-order valence-electron chi connectivity index (χ4n) is 2.33. The summed E-state index contributed by atoms with van der Waals surface area (Å²) in [5.74, 6) is -0.0554. The van der Waals surface area contributed by atoms with E-state index in [0.717, 1.165) is 5.56 Å². The molecule has 0 spiro atoms. The van der Waals surface area contributed by atoms with Gasteiger partial charge in [-0.25, -0.2) is 0 Å². The number of carbonyl (C=O) groups excluding carboxylic acids is 1. The monoisotopic (exact) mass is 239 g/mol. The summed E-state index contributed by atoms with van der Waals surface area (Å²) in [6.07, 6.45) is 0. The Kier molecular flexibility index (Phi) is 2.41. The van der Waals surface area contributed by atoms with Crippen LogP contribution in [0.25, 0.3) is 0 Å². The highest BCUT2D eigenvalue weighted by Crippen LogP contribution is 2.36. The molecule has 0 radical (unpaired) electrons. The molecule has 0 amide bonds. The summed E-state index contributed by atoms with van der Waals surface area (Å²) in [5, 5.41) is 3.23. The standard InChI is InChI=1S/C14H10N2O2/c17-14-11-8-4-5-9-12(11)16(15-18)13(14)10-6-2-1-3-7-10/h1-9,13H/p+1. The molecule has 0 saturated heterocycles. The number of Topliss-reactive ketones (excluding diaryl/α,β-unsaturated/α-hetero) is 1. The number of rotatable bonds is 2. The molecular weight excluding hydrogens is 228 g/mol. The molecule has 4 nitrogen and oxygen atoms in total. The van der Waals surface area contributed by atoms with Crippen LogP contribution in [0.4, 0.5) is 5.69 Å². The molecule has 0 fully saturated rings. The van der Waals surface area contributed by atoms with Crippen molar-refractivity contribution in [3.05, 3.63) is 70.6 Å². The lowest BCUT2D eigenvalue weighted by Crippen LogP contribution is -2.78. The van der Waals surface area contributed by atoms with Gasteiger partial charge in [-0.3, -0.25) is 4.79 Å². The quantitative estimate of drug-likeness (QED) is 0.856. The first kappa shape index (κ1) is 10.7. The molecule has 1 N–H and O–H groups in total. The third kappa shape index (κ3) is 1.43. The van der Waals surface area contributed by atoms with Crippen LogP contribution in [0.3, 0.4) is 0 Å². The second-order valence-corrected chi connectivity index (χ2v) is 4.16. The molecule has 0 aliphatic carbocycles. The zero-order valence-corrected chi connectivity index (χ0v) is 9.54. The van der Waals surface area contributed by atoms with E-state index in [9.17, 15) is 9.70 Å². The molecule has 0 bridgehead atoms. The molecule has 4 heteroatoms. The highest BCUT2D eigenvalue weighted by molar-refractivity contribution is 6.10. The number of benzene rings is 2. The Morgan fingerprint density at radius 2 is 1.61 bits per heavy atom. The molecule has 1 atom stereocenters. The second kappa shape index (κ2) is 4.07. The third-order valence-electron chi connectivity index (χ3n) is 3.15. The van der Waals surface area contributed by atoms with Crippen molar-refractivity contribution in [2.75, 3.05) is 5.01 Å². The summed E-state index contributed by atoms with van der Waals surface area (Å²) in [7, 11) is 0. The van der Waals surface area contributed by atoms with Gasteiger partial charge in [-0.1, -0.05) is 47.5 Å². The maximum atomic E-state index is 12.3. The molecule has 3 rings (SSSR count). The van der Waals surface area contributed by atoms with Gasteiger partial charge in [-0.2, -0.15) is 0 Å². The van der Waals surface area contributed by atoms with E-state index >= 15 is 0 Å². The van der Waals surface area contributed by atoms with E-state index in [4.69, 9.17) is 0 Å². The summed E-state index contributed by atoms with van der Waals surface area (Å²) in [6, 6.07) is 15.8. The van der Waals surface area contributed by atoms with E-state index in [1.807, 2.05) is 41.7 Å². The van der Waals surface area contributed by atoms with Crippen LogP contribution in [-0.4, -0.2) is 5.78 Å². The lowest BCUT2D eigenvalue weighted by atomic mass is 10.0. The fourth-order valence-corrected chi connectivity index (χ4v) is 2.33. The molecule has 88 valence electrons. The first-order valence-corrected chi connectivity index (χ1v) is 5.68. The van der Waals surface area contributed by atoms with Gasteiger partial charge in [-0.05, 0) is 17.7 Å². The number of hydrazine groups is 1. The molecule has 2 aromatic rings. The van der Waals surface area contributed by atoms with Crippen LogP contribution in [0.15, 0.2) is 54.6 Å². The van der Waals surface area contributed by atoms with Crippen LogP contribution in [-0.2, 0) is 0 Å². The van der Waals surface area contributed by atoms with Crippen molar-refractivity contribution in [3.63, 3.8) is 0 Å². The zero-order valence-electron chi connectivity index (χ0n) is 9.54. The van der Waals surface area contributed by atoms with Gasteiger partial charge in [0.05, 0.1) is 0 Å². The van der Waals surface area contributed by atoms with Crippen molar-refractivity contribution >= 4 is 11.5 Å². The Balaban J connectivity index is 2.14. The molecule has 18 heavy (non-hydrogen) atoms. The van der Waals surface area contributed by atoms with Gasteiger partial charge in [0, 0.05) is 10.5 Å². The number of anilines is 1. The minimum atomic E-state index is -0.582. The number of nitrogens with one attached hydrogen (secondary N) is 1. The van der Waals surface area contributed by atoms with Crippen LogP contribution in [0.2, 0.25) is 0 Å². The summed E-state index contributed by atoms with van der Waals surface area (Å²) < 4.78 is 0. The Hall–Kier alpha value is -2.49. The highest BCUT2D eigenvalue weighted by Gasteiger charge is 2.42. The summed E-state index contributed by atoms with van der Waals surface area (Å²) in [6.45, 7) is 0. The molecule has 1 heterocycles. The predicted octanol–water partition coefficient (Wildman–Crippen LogP) is 1.19. The topological polar surface area (TPSA) is 51.4 Å². The van der Waals surface area contributed by atoms with E-state index in [2.05, 4.69) is 0 Å². The van der Waals surface area contributed by atoms with Gasteiger partial charge in [0.2, 0.25) is 0 Å². The van der Waals surface area contributed by atoms with Crippen LogP contribution in [0, 0.1) is 4.91 Å². The van der Waals surface area contributed by atoms with E-state index in [0.29, 0.717) is 11.3 Å². The first-order valence-electron chi connectivity index (χ1n) is 5.68. The lowest BCUT2D eigenvalue weighted by Gasteiger charge is -2.12. The summed E-state index contributed by atoms with van der Waals surface area (Å²) in [5.41, 5.74) is 2.02. The van der Waals surface area contributed by atoms with Crippen molar-refractivity contribution in [2.45, 2.75) is 6.04 Å². The SMILES string of the molecule is O=[NH+]N1c2ccccc2C(=O)C1c1ccccc1. The number of hydrogen-bond acceptors (Lipinski definition) is 2. The van der Waals surface area contributed by atoms with Gasteiger partial charge in [-0.15, -0.1) is 0 Å². The van der Waals surface area contributed by atoms with Gasteiger partial charge in [0.15, 0.2) is 11.8 Å². The molecular formula is C14H11N2O2+. The maximum absolute atomic E-state index is 12.3. The average molecular weight is 239 g/mol. The highest BCUT2D eigenvalue weighted by atomic mass is 16.3. The van der Waals surface area contributed by atoms with Gasteiger partial charge >= 0.3 is 0 Å². The first-order chi connectivity index (χ1) is 8.83. The Bertz CT molecular complexity index is 610. The summed E-state index contributed by atoms with van der Waals surface area (Å²) >= 11 is 0. The van der Waals surface area contributed by atoms with E-state index in [1.54, 1.807) is 18.2 Å². The van der Waals surface area contributed by atoms with Crippen LogP contribution >= 0.6 is 0 Å². The molecule has 0 saturated carbocycles. The van der Waals surface area contributed by atoms with E-state index in [1.165, 1.54) is 5.01 Å². The predicted molar refractivity (Wildman–Crippen MR) is 66.8 cm³/mol. The number of fused-ring (bicyclic) bond motifs is 1. The largest absolute Gasteiger partial charge is 0.291 e. The molecule has 0 aromatic heterocycles. The van der Waals surface area contributed by atoms with Crippen LogP contribution in [0.1, 0.15) is 22.0 Å². The summed E-state index contributed by atoms with van der Waals surface area (Å²) in [4.78, 5) is 23.5. The average Bonchev–Trinajstić information content (AvgIpc) is 2.73. The minimum absolute atomic E-state index is 0.0554. The second-order valence-electron chi connectivity index (χ2n) is 4.16. The smallest absolute Gasteiger partial charge is 0.198 e. The van der Waals surface area contributed by atoms with Gasteiger partial charge in [0.1, 0.15) is 11.0 Å². The van der Waals surface area contributed by atoms with Crippen LogP contribution in [0.5, 0.6) is 0 Å². The van der Waals surface area contributed by atoms with Gasteiger partial charge < -0.3 is 0 Å². The number of para-hydroxylation sites is 1. The van der Waals surface area contributed by atoms with Crippen molar-refractivity contribution in [1.29, 1.82) is 0 Å².